The van der Waals surface area contributed by atoms with Gasteiger partial charge in [0, 0.05) is 55.3 Å². The Morgan fingerprint density at radius 1 is 0.951 bits per heavy atom. The number of aromatic nitrogens is 1. The third-order valence-electron chi connectivity index (χ3n) is 10.5. The van der Waals surface area contributed by atoms with E-state index in [2.05, 4.69) is 22.0 Å². The number of hydrogen-bond acceptors (Lipinski definition) is 9. The smallest absolute Gasteiger partial charge is 0.322 e. The largest absolute Gasteiger partial charge is 0.493 e. The Morgan fingerprint density at radius 2 is 1.75 bits per heavy atom. The minimum atomic E-state index is -0.691. The first-order valence-corrected chi connectivity index (χ1v) is 20.6. The van der Waals surface area contributed by atoms with Crippen LogP contribution in [0.5, 0.6) is 11.5 Å². The van der Waals surface area contributed by atoms with Gasteiger partial charge in [-0.05, 0) is 99.6 Å². The van der Waals surface area contributed by atoms with Crippen molar-refractivity contribution in [2.45, 2.75) is 64.5 Å². The molecule has 5 N–H and O–H groups in total. The second-order valence-electron chi connectivity index (χ2n) is 15.3. The van der Waals surface area contributed by atoms with Gasteiger partial charge in [-0.2, -0.15) is 0 Å². The first kappa shape index (κ1) is 43.9. The minimum absolute atomic E-state index is 0.0322. The van der Waals surface area contributed by atoms with Gasteiger partial charge in [0.1, 0.15) is 11.7 Å². The third-order valence-corrected chi connectivity index (χ3v) is 10.5. The molecule has 3 aromatic rings. The molecule has 14 nitrogen and oxygen atoms in total. The van der Waals surface area contributed by atoms with E-state index in [-0.39, 0.29) is 49.3 Å². The zero-order chi connectivity index (χ0) is 43.5. The summed E-state index contributed by atoms with van der Waals surface area (Å²) in [7, 11) is 3.33. The number of rotatable bonds is 16. The Labute approximate surface area is 356 Å². The van der Waals surface area contributed by atoms with Gasteiger partial charge in [-0.25, -0.2) is 0 Å². The molecular weight excluding hydrogens is 777 g/mol. The van der Waals surface area contributed by atoms with Gasteiger partial charge < -0.3 is 45.4 Å². The number of nitrogens with zero attached hydrogens (tertiary/aromatic N) is 2. The predicted octanol–water partition coefficient (Wildman–Crippen LogP) is 5.97. The summed E-state index contributed by atoms with van der Waals surface area (Å²) in [6.07, 6.45) is 18.4. The lowest BCUT2D eigenvalue weighted by Crippen LogP contribution is -2.34. The van der Waals surface area contributed by atoms with E-state index in [0.29, 0.717) is 72.1 Å². The summed E-state index contributed by atoms with van der Waals surface area (Å²) in [5, 5.41) is 8.73. The Hall–Kier alpha value is -6.67. The standard InChI is InChI=1S/C47H54N6O8/c1-30-14-17-37(50-43(54)13-8-22-60-42-27-33-10-5-6-11-38-12-7-21-53(38)46(57)39(33)28-41(42)59-4)25-34(24-30)44(55)51-36-18-15-32(16-19-36)35-26-40(52(3)29-35)45(56)49-20-9-23-61-47(58)31(2)48/h5-6,10-11,14-19,25-29,31,38H,7-9,12-13,20-24,48H2,1-4H3,(H,49,56)(H,50,54)(H,51,55)/b10-5+,11-6+/t31-,38+/m0/s1. The lowest BCUT2D eigenvalue weighted by atomic mass is 10.0. The first-order valence-electron chi connectivity index (χ1n) is 20.6. The number of anilines is 1. The fourth-order valence-corrected chi connectivity index (χ4v) is 7.24. The summed E-state index contributed by atoms with van der Waals surface area (Å²) in [4.78, 5) is 66.3. The molecule has 1 fully saturated rings. The Bertz CT molecular complexity index is 2300. The predicted molar refractivity (Wildman–Crippen MR) is 234 cm³/mol. The number of allylic oxidation sites excluding steroid dienone is 6. The zero-order valence-electron chi connectivity index (χ0n) is 35.1. The normalized spacial score (nSPS) is 17.3. The third kappa shape index (κ3) is 11.5. The first-order chi connectivity index (χ1) is 29.4. The van der Waals surface area contributed by atoms with E-state index in [0.717, 1.165) is 35.1 Å². The number of ether oxygens (including phenoxy) is 3. The van der Waals surface area contributed by atoms with Crippen LogP contribution in [0.4, 0.5) is 5.69 Å². The monoisotopic (exact) mass is 830 g/mol. The SMILES string of the molecule is COc1cc2c(cc1OCCCC(=O)NC1=CC=C(C)CC(C(=O)Nc3ccc(-c4cc(C(=O)NCCCOC(=O)[C@H](C)N)n(C)c4)cc3)=C1)/C=C/C=C/[C@@H]1CCCN1C2=O. The molecule has 14 heteroatoms. The molecule has 0 saturated carbocycles. The van der Waals surface area contributed by atoms with Crippen molar-refractivity contribution in [2.24, 2.45) is 12.8 Å². The second kappa shape index (κ2) is 20.5. The highest BCUT2D eigenvalue weighted by molar-refractivity contribution is 6.05. The van der Waals surface area contributed by atoms with Crippen LogP contribution in [-0.2, 0) is 26.2 Å². The van der Waals surface area contributed by atoms with Crippen LogP contribution in [0.2, 0.25) is 0 Å². The fraction of sp³-hybridized carbons (Fsp3) is 0.340. The molecule has 1 aromatic heterocycles. The molecule has 3 aliphatic rings. The highest BCUT2D eigenvalue weighted by atomic mass is 16.5. The quantitative estimate of drug-likeness (QED) is 0.0998. The number of fused-ring (bicyclic) bond motifs is 2. The molecule has 0 unspecified atom stereocenters. The van der Waals surface area contributed by atoms with Crippen molar-refractivity contribution in [3.63, 3.8) is 0 Å². The molecule has 2 aliphatic heterocycles. The highest BCUT2D eigenvalue weighted by Gasteiger charge is 2.30. The molecule has 320 valence electrons. The second-order valence-corrected chi connectivity index (χ2v) is 15.3. The molecule has 2 atom stereocenters. The van der Waals surface area contributed by atoms with Crippen LogP contribution < -0.4 is 31.2 Å². The summed E-state index contributed by atoms with van der Waals surface area (Å²) < 4.78 is 18.5. The molecule has 0 spiro atoms. The van der Waals surface area contributed by atoms with Gasteiger partial charge in [0.05, 0.1) is 31.9 Å². The number of methoxy groups -OCH3 is 1. The van der Waals surface area contributed by atoms with E-state index in [4.69, 9.17) is 19.9 Å². The van der Waals surface area contributed by atoms with E-state index in [9.17, 15) is 24.0 Å². The van der Waals surface area contributed by atoms with E-state index >= 15 is 0 Å². The van der Waals surface area contributed by atoms with E-state index in [1.165, 1.54) is 7.11 Å². The molecule has 6 rings (SSSR count). The van der Waals surface area contributed by atoms with Crippen molar-refractivity contribution in [1.82, 2.24) is 20.1 Å². The Kier molecular flexibility index (Phi) is 14.8. The topological polar surface area (TPSA) is 183 Å². The Morgan fingerprint density at radius 3 is 2.52 bits per heavy atom. The minimum Gasteiger partial charge on any atom is -0.493 e. The van der Waals surface area contributed by atoms with Gasteiger partial charge in [0.2, 0.25) is 5.91 Å². The van der Waals surface area contributed by atoms with Gasteiger partial charge in [0.15, 0.2) is 11.5 Å². The van der Waals surface area contributed by atoms with Crippen LogP contribution in [0, 0.1) is 0 Å². The van der Waals surface area contributed by atoms with Gasteiger partial charge in [0.25, 0.3) is 17.7 Å². The van der Waals surface area contributed by atoms with Crippen molar-refractivity contribution in [3.05, 3.63) is 119 Å². The van der Waals surface area contributed by atoms with Crippen molar-refractivity contribution < 1.29 is 38.2 Å². The van der Waals surface area contributed by atoms with E-state index < -0.39 is 12.0 Å². The van der Waals surface area contributed by atoms with Crippen LogP contribution in [0.1, 0.15) is 78.8 Å². The number of carbonyl (C=O) groups excluding carboxylic acids is 5. The number of nitrogens with two attached hydrogens (primary N) is 1. The van der Waals surface area contributed by atoms with Crippen LogP contribution in [0.15, 0.2) is 102 Å². The van der Waals surface area contributed by atoms with Crippen molar-refractivity contribution in [1.29, 1.82) is 0 Å². The average Bonchev–Trinajstić information content (AvgIpc) is 3.84. The molecule has 2 aromatic carbocycles. The van der Waals surface area contributed by atoms with Crippen LogP contribution in [0.25, 0.3) is 17.2 Å². The van der Waals surface area contributed by atoms with Crippen molar-refractivity contribution in [3.8, 4) is 22.6 Å². The molecule has 4 amide bonds. The lowest BCUT2D eigenvalue weighted by molar-refractivity contribution is -0.144. The number of carbonyl (C=O) groups is 5. The maximum atomic E-state index is 13.5. The van der Waals surface area contributed by atoms with Gasteiger partial charge in [-0.1, -0.05) is 48.1 Å². The van der Waals surface area contributed by atoms with Crippen LogP contribution >= 0.6 is 0 Å². The van der Waals surface area contributed by atoms with Crippen molar-refractivity contribution >= 4 is 41.4 Å². The number of hydrogen-bond donors (Lipinski definition) is 4. The average molecular weight is 831 g/mol. The fourth-order valence-electron chi connectivity index (χ4n) is 7.24. The lowest BCUT2D eigenvalue weighted by Gasteiger charge is -2.23. The van der Waals surface area contributed by atoms with Crippen LogP contribution in [-0.4, -0.2) is 84.6 Å². The van der Waals surface area contributed by atoms with Crippen LogP contribution in [0.3, 0.4) is 0 Å². The molecule has 1 saturated heterocycles. The van der Waals surface area contributed by atoms with E-state index in [1.54, 1.807) is 55.0 Å². The molecule has 0 radical (unpaired) electrons. The van der Waals surface area contributed by atoms with Gasteiger partial charge in [-0.3, -0.25) is 24.0 Å². The maximum Gasteiger partial charge on any atom is 0.322 e. The molecule has 3 heterocycles. The highest BCUT2D eigenvalue weighted by Crippen LogP contribution is 2.34. The maximum absolute atomic E-state index is 13.5. The summed E-state index contributed by atoms with van der Waals surface area (Å²) >= 11 is 0. The number of esters is 1. The zero-order valence-corrected chi connectivity index (χ0v) is 35.1. The number of aryl methyl sites for hydroxylation is 1. The van der Waals surface area contributed by atoms with Gasteiger partial charge in [-0.15, -0.1) is 0 Å². The molecular formula is C47H54N6O8. The number of amides is 4. The van der Waals surface area contributed by atoms with Gasteiger partial charge >= 0.3 is 5.97 Å². The Balaban J connectivity index is 0.993. The molecule has 1 aliphatic carbocycles. The molecule has 61 heavy (non-hydrogen) atoms. The number of nitrogens with one attached hydrogen (secondary N) is 3. The number of benzene rings is 2. The van der Waals surface area contributed by atoms with Crippen molar-refractivity contribution in [2.75, 3.05) is 38.7 Å². The summed E-state index contributed by atoms with van der Waals surface area (Å²) in [5.41, 5.74) is 11.5. The van der Waals surface area contributed by atoms with E-state index in [1.807, 2.05) is 60.5 Å². The summed E-state index contributed by atoms with van der Waals surface area (Å²) in [6.45, 7) is 4.93. The summed E-state index contributed by atoms with van der Waals surface area (Å²) in [5.74, 6) is -0.349. The summed E-state index contributed by atoms with van der Waals surface area (Å²) in [6, 6.07) is 12.0. The molecule has 0 bridgehead atoms.